The van der Waals surface area contributed by atoms with Crippen LogP contribution in [-0.4, -0.2) is 36.3 Å². The second-order valence-electron chi connectivity index (χ2n) is 3.09. The molecule has 0 spiro atoms. The van der Waals surface area contributed by atoms with Crippen molar-refractivity contribution in [3.63, 3.8) is 0 Å². The van der Waals surface area contributed by atoms with Gasteiger partial charge in [0.05, 0.1) is 0 Å². The van der Waals surface area contributed by atoms with E-state index in [9.17, 15) is 9.90 Å². The predicted molar refractivity (Wildman–Crippen MR) is 57.9 cm³/mol. The number of aromatic hydroxyl groups is 1. The Labute approximate surface area is 87.7 Å². The second-order valence-corrected chi connectivity index (χ2v) is 3.93. The number of amides is 1. The van der Waals surface area contributed by atoms with E-state index in [0.717, 1.165) is 4.90 Å². The molecular formula is C10H13NO2S. The third-order valence-electron chi connectivity index (χ3n) is 1.83. The number of carbonyl (C=O) groups excluding carboxylic acids is 1. The number of benzene rings is 1. The lowest BCUT2D eigenvalue weighted by Gasteiger charge is -2.11. The third-order valence-corrected chi connectivity index (χ3v) is 2.62. The fraction of sp³-hybridized carbons (Fsp3) is 0.300. The summed E-state index contributed by atoms with van der Waals surface area (Å²) in [6.45, 7) is 0. The molecular weight excluding hydrogens is 198 g/mol. The summed E-state index contributed by atoms with van der Waals surface area (Å²) in [4.78, 5) is 13.8. The first-order valence-electron chi connectivity index (χ1n) is 4.15. The summed E-state index contributed by atoms with van der Waals surface area (Å²) in [6.07, 6.45) is 1.88. The molecule has 1 rings (SSSR count). The smallest absolute Gasteiger partial charge is 0.253 e. The van der Waals surface area contributed by atoms with Crippen molar-refractivity contribution in [2.75, 3.05) is 20.4 Å². The second kappa shape index (κ2) is 4.37. The van der Waals surface area contributed by atoms with Gasteiger partial charge in [-0.15, -0.1) is 11.8 Å². The third kappa shape index (κ3) is 2.20. The van der Waals surface area contributed by atoms with Crippen LogP contribution < -0.4 is 0 Å². The number of carbonyl (C=O) groups is 1. The summed E-state index contributed by atoms with van der Waals surface area (Å²) in [6, 6.07) is 4.96. The van der Waals surface area contributed by atoms with Gasteiger partial charge in [-0.3, -0.25) is 4.79 Å². The van der Waals surface area contributed by atoms with E-state index in [1.165, 1.54) is 22.7 Å². The summed E-state index contributed by atoms with van der Waals surface area (Å²) in [7, 11) is 3.36. The van der Waals surface area contributed by atoms with Gasteiger partial charge in [0.1, 0.15) is 5.75 Å². The Kier molecular flexibility index (Phi) is 3.41. The van der Waals surface area contributed by atoms with E-state index in [2.05, 4.69) is 0 Å². The minimum atomic E-state index is -0.104. The van der Waals surface area contributed by atoms with Crippen LogP contribution in [0.25, 0.3) is 0 Å². The van der Waals surface area contributed by atoms with Crippen molar-refractivity contribution in [2.45, 2.75) is 4.90 Å². The molecule has 76 valence electrons. The maximum Gasteiger partial charge on any atom is 0.253 e. The molecule has 0 saturated heterocycles. The quantitative estimate of drug-likeness (QED) is 0.758. The highest BCUT2D eigenvalue weighted by molar-refractivity contribution is 7.98. The molecule has 0 aliphatic carbocycles. The molecule has 0 aliphatic heterocycles. The van der Waals surface area contributed by atoms with Crippen LogP contribution in [0.15, 0.2) is 23.1 Å². The maximum absolute atomic E-state index is 11.5. The lowest BCUT2D eigenvalue weighted by Crippen LogP contribution is -2.21. The van der Waals surface area contributed by atoms with Crippen molar-refractivity contribution in [3.8, 4) is 5.75 Å². The number of hydrogen-bond donors (Lipinski definition) is 1. The fourth-order valence-electron chi connectivity index (χ4n) is 1.08. The maximum atomic E-state index is 11.5. The monoisotopic (exact) mass is 211 g/mol. The number of phenolic OH excluding ortho intramolecular Hbond substituents is 1. The first-order valence-corrected chi connectivity index (χ1v) is 5.37. The van der Waals surface area contributed by atoms with Crippen LogP contribution >= 0.6 is 11.8 Å². The van der Waals surface area contributed by atoms with Crippen LogP contribution in [0.5, 0.6) is 5.75 Å². The Hall–Kier alpha value is -1.16. The molecule has 0 unspecified atom stereocenters. The molecule has 1 aromatic carbocycles. The first-order chi connectivity index (χ1) is 6.56. The van der Waals surface area contributed by atoms with Gasteiger partial charge >= 0.3 is 0 Å². The molecule has 1 aromatic rings. The normalized spacial score (nSPS) is 9.93. The van der Waals surface area contributed by atoms with Gasteiger partial charge in [0, 0.05) is 24.6 Å². The fourth-order valence-corrected chi connectivity index (χ4v) is 1.55. The lowest BCUT2D eigenvalue weighted by atomic mass is 10.2. The van der Waals surface area contributed by atoms with Gasteiger partial charge in [-0.25, -0.2) is 0 Å². The molecule has 0 saturated carbocycles. The molecule has 14 heavy (non-hydrogen) atoms. The molecule has 3 nitrogen and oxygen atoms in total. The van der Waals surface area contributed by atoms with E-state index in [1.807, 2.05) is 6.26 Å². The first kappa shape index (κ1) is 10.9. The SMILES string of the molecule is CSc1ccc(C(=O)N(C)C)cc1O. The van der Waals surface area contributed by atoms with Crippen molar-refractivity contribution < 1.29 is 9.90 Å². The molecule has 0 aliphatic rings. The van der Waals surface area contributed by atoms with Crippen LogP contribution in [0.2, 0.25) is 0 Å². The van der Waals surface area contributed by atoms with Crippen LogP contribution in [0, 0.1) is 0 Å². The van der Waals surface area contributed by atoms with E-state index in [1.54, 1.807) is 26.2 Å². The average molecular weight is 211 g/mol. The summed E-state index contributed by atoms with van der Waals surface area (Å²) < 4.78 is 0. The average Bonchev–Trinajstić information content (AvgIpc) is 2.16. The van der Waals surface area contributed by atoms with E-state index < -0.39 is 0 Å². The standard InChI is InChI=1S/C10H13NO2S/c1-11(2)10(13)7-4-5-9(14-3)8(12)6-7/h4-6,12H,1-3H3. The minimum Gasteiger partial charge on any atom is -0.507 e. The lowest BCUT2D eigenvalue weighted by molar-refractivity contribution is 0.0827. The molecule has 0 radical (unpaired) electrons. The molecule has 0 aromatic heterocycles. The zero-order chi connectivity index (χ0) is 10.7. The van der Waals surface area contributed by atoms with Gasteiger partial charge in [-0.2, -0.15) is 0 Å². The number of nitrogens with zero attached hydrogens (tertiary/aromatic N) is 1. The van der Waals surface area contributed by atoms with Crippen molar-refractivity contribution in [1.82, 2.24) is 4.90 Å². The Morgan fingerprint density at radius 2 is 2.07 bits per heavy atom. The zero-order valence-corrected chi connectivity index (χ0v) is 9.26. The van der Waals surface area contributed by atoms with E-state index in [4.69, 9.17) is 0 Å². The summed E-state index contributed by atoms with van der Waals surface area (Å²) in [5.41, 5.74) is 0.505. The van der Waals surface area contributed by atoms with Gasteiger partial charge in [0.15, 0.2) is 0 Å². The highest BCUT2D eigenvalue weighted by atomic mass is 32.2. The Morgan fingerprint density at radius 1 is 1.43 bits per heavy atom. The van der Waals surface area contributed by atoms with Crippen LogP contribution in [0.3, 0.4) is 0 Å². The van der Waals surface area contributed by atoms with Crippen LogP contribution in [-0.2, 0) is 0 Å². The van der Waals surface area contributed by atoms with Crippen molar-refractivity contribution in [2.24, 2.45) is 0 Å². The highest BCUT2D eigenvalue weighted by Gasteiger charge is 2.09. The Morgan fingerprint density at radius 3 is 2.50 bits per heavy atom. The number of rotatable bonds is 2. The van der Waals surface area contributed by atoms with E-state index in [0.29, 0.717) is 5.56 Å². The molecule has 0 bridgehead atoms. The topological polar surface area (TPSA) is 40.5 Å². The number of thioether (sulfide) groups is 1. The minimum absolute atomic E-state index is 0.104. The summed E-state index contributed by atoms with van der Waals surface area (Å²) >= 11 is 1.45. The number of phenols is 1. The van der Waals surface area contributed by atoms with Crippen molar-refractivity contribution in [3.05, 3.63) is 23.8 Å². The molecule has 1 amide bonds. The Bertz CT molecular complexity index is 350. The molecule has 0 heterocycles. The summed E-state index contributed by atoms with van der Waals surface area (Å²) in [5.74, 6) is 0.0538. The molecule has 4 heteroatoms. The van der Waals surface area contributed by atoms with Crippen molar-refractivity contribution in [1.29, 1.82) is 0 Å². The number of hydrogen-bond acceptors (Lipinski definition) is 3. The van der Waals surface area contributed by atoms with Crippen LogP contribution in [0.4, 0.5) is 0 Å². The highest BCUT2D eigenvalue weighted by Crippen LogP contribution is 2.27. The van der Waals surface area contributed by atoms with Gasteiger partial charge in [0.25, 0.3) is 5.91 Å². The Balaban J connectivity index is 3.03. The predicted octanol–water partition coefficient (Wildman–Crippen LogP) is 1.82. The zero-order valence-electron chi connectivity index (χ0n) is 8.44. The van der Waals surface area contributed by atoms with Crippen LogP contribution in [0.1, 0.15) is 10.4 Å². The van der Waals surface area contributed by atoms with Gasteiger partial charge in [0.2, 0.25) is 0 Å². The van der Waals surface area contributed by atoms with Crippen molar-refractivity contribution >= 4 is 17.7 Å². The van der Waals surface area contributed by atoms with Gasteiger partial charge in [-0.05, 0) is 24.5 Å². The van der Waals surface area contributed by atoms with Gasteiger partial charge in [-0.1, -0.05) is 0 Å². The van der Waals surface area contributed by atoms with Gasteiger partial charge < -0.3 is 10.0 Å². The van der Waals surface area contributed by atoms with E-state index >= 15 is 0 Å². The molecule has 0 fully saturated rings. The van der Waals surface area contributed by atoms with E-state index in [-0.39, 0.29) is 11.7 Å². The largest absolute Gasteiger partial charge is 0.507 e. The molecule has 0 atom stereocenters. The summed E-state index contributed by atoms with van der Waals surface area (Å²) in [5, 5.41) is 9.53. The molecule has 1 N–H and O–H groups in total.